The van der Waals surface area contributed by atoms with Crippen LogP contribution in [-0.4, -0.2) is 27.9 Å². The van der Waals surface area contributed by atoms with Gasteiger partial charge >= 0.3 is 0 Å². The fraction of sp³-hybridized carbons (Fsp3) is 0.167. The summed E-state index contributed by atoms with van der Waals surface area (Å²) < 4.78 is 13.0. The molecule has 1 aliphatic rings. The number of rotatable bonds is 4. The van der Waals surface area contributed by atoms with Gasteiger partial charge in [0.15, 0.2) is 5.17 Å². The van der Waals surface area contributed by atoms with Gasteiger partial charge in [0.05, 0.1) is 18.5 Å². The lowest BCUT2D eigenvalue weighted by Crippen LogP contribution is -2.28. The van der Waals surface area contributed by atoms with Crippen molar-refractivity contribution >= 4 is 29.1 Å². The average molecular weight is 341 g/mol. The minimum atomic E-state index is -0.294. The van der Waals surface area contributed by atoms with Gasteiger partial charge in [-0.3, -0.25) is 9.69 Å². The predicted octanol–water partition coefficient (Wildman–Crippen LogP) is 3.60. The second-order valence-corrected chi connectivity index (χ2v) is 6.38. The maximum Gasteiger partial charge on any atom is 0.239 e. The first-order chi connectivity index (χ1) is 11.6. The molecule has 0 bridgehead atoms. The molecule has 0 unspecified atom stereocenters. The van der Waals surface area contributed by atoms with Gasteiger partial charge in [0.2, 0.25) is 5.91 Å². The van der Waals surface area contributed by atoms with Crippen LogP contribution in [0.3, 0.4) is 0 Å². The van der Waals surface area contributed by atoms with E-state index in [1.807, 2.05) is 31.2 Å². The monoisotopic (exact) mass is 341 g/mol. The van der Waals surface area contributed by atoms with Crippen LogP contribution in [0.15, 0.2) is 58.7 Å². The summed E-state index contributed by atoms with van der Waals surface area (Å²) in [6.07, 6.45) is 1.66. The molecule has 4 nitrogen and oxygen atoms in total. The average Bonchev–Trinajstić information content (AvgIpc) is 2.92. The Morgan fingerprint density at radius 3 is 2.58 bits per heavy atom. The molecule has 24 heavy (non-hydrogen) atoms. The van der Waals surface area contributed by atoms with E-state index in [9.17, 15) is 9.18 Å². The molecule has 0 saturated carbocycles. The minimum Gasteiger partial charge on any atom is -0.285 e. The topological polar surface area (TPSA) is 45.0 Å². The summed E-state index contributed by atoms with van der Waals surface area (Å²) in [6.45, 7) is 2.39. The van der Waals surface area contributed by atoms with Gasteiger partial charge in [-0.25, -0.2) is 4.39 Å². The number of thioether (sulfide) groups is 1. The van der Waals surface area contributed by atoms with Gasteiger partial charge in [-0.1, -0.05) is 53.7 Å². The maximum absolute atomic E-state index is 13.0. The third-order valence-electron chi connectivity index (χ3n) is 3.54. The first-order valence-electron chi connectivity index (χ1n) is 7.47. The number of halogens is 1. The number of carbonyl (C=O) groups excluding carboxylic acids is 1. The van der Waals surface area contributed by atoms with Gasteiger partial charge in [-0.2, -0.15) is 5.10 Å². The Labute approximate surface area is 144 Å². The van der Waals surface area contributed by atoms with Gasteiger partial charge in [-0.05, 0) is 30.2 Å². The van der Waals surface area contributed by atoms with Gasteiger partial charge in [0.25, 0.3) is 0 Å². The first kappa shape index (κ1) is 16.4. The van der Waals surface area contributed by atoms with Gasteiger partial charge < -0.3 is 0 Å². The zero-order valence-electron chi connectivity index (χ0n) is 13.1. The molecule has 0 spiro atoms. The summed E-state index contributed by atoms with van der Waals surface area (Å²) in [6, 6.07) is 14.0. The molecule has 1 amide bonds. The quantitative estimate of drug-likeness (QED) is 0.630. The largest absolute Gasteiger partial charge is 0.285 e. The standard InChI is InChI=1S/C18H16FN3OS/c1-13-2-4-14(5-3-13)10-20-21-18-22(17(23)12-24-18)11-15-6-8-16(19)9-7-15/h2-10H,11-12H2,1H3/b20-10-,21-18+. The smallest absolute Gasteiger partial charge is 0.239 e. The van der Waals surface area contributed by atoms with Crippen molar-refractivity contribution in [2.24, 2.45) is 10.2 Å². The predicted molar refractivity (Wildman–Crippen MR) is 95.6 cm³/mol. The molecule has 2 aromatic carbocycles. The molecule has 1 saturated heterocycles. The third-order valence-corrected chi connectivity index (χ3v) is 4.49. The van der Waals surface area contributed by atoms with Gasteiger partial charge in [0, 0.05) is 0 Å². The second kappa shape index (κ2) is 7.40. The molecule has 0 aromatic heterocycles. The lowest BCUT2D eigenvalue weighted by atomic mass is 10.2. The Morgan fingerprint density at radius 2 is 1.88 bits per heavy atom. The molecule has 0 atom stereocenters. The van der Waals surface area contributed by atoms with Crippen LogP contribution in [0.4, 0.5) is 4.39 Å². The molecule has 1 fully saturated rings. The number of amides is 1. The van der Waals surface area contributed by atoms with E-state index in [0.29, 0.717) is 17.5 Å². The molecule has 1 aliphatic heterocycles. The number of nitrogens with zero attached hydrogens (tertiary/aromatic N) is 3. The highest BCUT2D eigenvalue weighted by molar-refractivity contribution is 8.15. The van der Waals surface area contributed by atoms with Crippen LogP contribution >= 0.6 is 11.8 Å². The highest BCUT2D eigenvalue weighted by Gasteiger charge is 2.28. The maximum atomic E-state index is 13.0. The number of carbonyl (C=O) groups is 1. The zero-order chi connectivity index (χ0) is 16.9. The van der Waals surface area contributed by atoms with Crippen molar-refractivity contribution in [2.45, 2.75) is 13.5 Å². The fourth-order valence-electron chi connectivity index (χ4n) is 2.20. The summed E-state index contributed by atoms with van der Waals surface area (Å²) in [4.78, 5) is 13.6. The van der Waals surface area contributed by atoms with E-state index in [4.69, 9.17) is 0 Å². The van der Waals surface area contributed by atoms with Crippen LogP contribution in [0.1, 0.15) is 16.7 Å². The van der Waals surface area contributed by atoms with E-state index >= 15 is 0 Å². The van der Waals surface area contributed by atoms with Crippen LogP contribution in [-0.2, 0) is 11.3 Å². The Balaban J connectivity index is 1.72. The minimum absolute atomic E-state index is 0.0198. The van der Waals surface area contributed by atoms with E-state index in [0.717, 1.165) is 11.1 Å². The Kier molecular flexibility index (Phi) is 5.05. The van der Waals surface area contributed by atoms with Crippen molar-refractivity contribution in [1.82, 2.24) is 4.90 Å². The molecule has 1 heterocycles. The number of benzene rings is 2. The summed E-state index contributed by atoms with van der Waals surface area (Å²) in [5.74, 6) is 0.0335. The van der Waals surface area contributed by atoms with Crippen molar-refractivity contribution in [3.8, 4) is 0 Å². The Hall–Kier alpha value is -2.47. The Morgan fingerprint density at radius 1 is 1.17 bits per heavy atom. The Bertz CT molecular complexity index is 785. The summed E-state index contributed by atoms with van der Waals surface area (Å²) in [5, 5.41) is 8.81. The summed E-state index contributed by atoms with van der Waals surface area (Å²) in [5.41, 5.74) is 2.98. The van der Waals surface area contributed by atoms with Crippen LogP contribution in [0, 0.1) is 12.7 Å². The second-order valence-electron chi connectivity index (χ2n) is 5.43. The van der Waals surface area contributed by atoms with E-state index < -0.39 is 0 Å². The molecule has 122 valence electrons. The van der Waals surface area contributed by atoms with Gasteiger partial charge in [0.1, 0.15) is 5.82 Å². The van der Waals surface area contributed by atoms with Crippen LogP contribution < -0.4 is 0 Å². The molecule has 0 N–H and O–H groups in total. The molecule has 3 rings (SSSR count). The molecular formula is C18H16FN3OS. The summed E-state index contributed by atoms with van der Waals surface area (Å²) in [7, 11) is 0. The fourth-order valence-corrected chi connectivity index (χ4v) is 3.03. The first-order valence-corrected chi connectivity index (χ1v) is 8.46. The number of hydrogen-bond acceptors (Lipinski definition) is 4. The SMILES string of the molecule is Cc1ccc(/C=N\N=C2\SCC(=O)N2Cc2ccc(F)cc2)cc1. The van der Waals surface area contributed by atoms with E-state index in [1.165, 1.54) is 29.5 Å². The van der Waals surface area contributed by atoms with E-state index in [2.05, 4.69) is 10.2 Å². The highest BCUT2D eigenvalue weighted by Crippen LogP contribution is 2.22. The lowest BCUT2D eigenvalue weighted by Gasteiger charge is -2.15. The van der Waals surface area contributed by atoms with Crippen molar-refractivity contribution in [1.29, 1.82) is 0 Å². The summed E-state index contributed by atoms with van der Waals surface area (Å²) >= 11 is 1.36. The molecule has 6 heteroatoms. The van der Waals surface area contributed by atoms with Crippen LogP contribution in [0.2, 0.25) is 0 Å². The lowest BCUT2D eigenvalue weighted by molar-refractivity contribution is -0.124. The van der Waals surface area contributed by atoms with Crippen molar-refractivity contribution < 1.29 is 9.18 Å². The van der Waals surface area contributed by atoms with Crippen LogP contribution in [0.5, 0.6) is 0 Å². The molecule has 2 aromatic rings. The van der Waals surface area contributed by atoms with Gasteiger partial charge in [-0.15, -0.1) is 5.10 Å². The normalized spacial score (nSPS) is 16.5. The van der Waals surface area contributed by atoms with Crippen molar-refractivity contribution in [3.05, 3.63) is 71.0 Å². The number of aryl methyl sites for hydroxylation is 1. The van der Waals surface area contributed by atoms with Crippen molar-refractivity contribution in [2.75, 3.05) is 5.75 Å². The molecule has 0 radical (unpaired) electrons. The van der Waals surface area contributed by atoms with E-state index in [1.54, 1.807) is 23.2 Å². The highest BCUT2D eigenvalue weighted by atomic mass is 32.2. The molecular weight excluding hydrogens is 325 g/mol. The number of amidine groups is 1. The van der Waals surface area contributed by atoms with Crippen molar-refractivity contribution in [3.63, 3.8) is 0 Å². The molecule has 0 aliphatic carbocycles. The van der Waals surface area contributed by atoms with E-state index in [-0.39, 0.29) is 11.7 Å². The number of hydrogen-bond donors (Lipinski definition) is 0. The zero-order valence-corrected chi connectivity index (χ0v) is 14.0. The van der Waals surface area contributed by atoms with Crippen LogP contribution in [0.25, 0.3) is 0 Å². The third kappa shape index (κ3) is 4.08.